The normalized spacial score (nSPS) is 15.3. The van der Waals surface area contributed by atoms with Crippen LogP contribution in [0.25, 0.3) is 5.69 Å². The number of hydrogen-bond donors (Lipinski definition) is 1. The van der Waals surface area contributed by atoms with Crippen molar-refractivity contribution < 1.29 is 0 Å². The van der Waals surface area contributed by atoms with Crippen molar-refractivity contribution in [2.24, 2.45) is 5.73 Å². The van der Waals surface area contributed by atoms with Crippen LogP contribution >= 0.6 is 0 Å². The molecule has 1 heterocycles. The van der Waals surface area contributed by atoms with Crippen LogP contribution in [-0.4, -0.2) is 9.78 Å². The fraction of sp³-hybridized carbons (Fsp3) is 0.308. The molecular weight excluding hydrogens is 198 g/mol. The van der Waals surface area contributed by atoms with Crippen molar-refractivity contribution in [3.05, 3.63) is 47.8 Å². The predicted octanol–water partition coefficient (Wildman–Crippen LogP) is 2.21. The van der Waals surface area contributed by atoms with Crippen LogP contribution < -0.4 is 5.73 Å². The molecular formula is C13H15N3. The van der Waals surface area contributed by atoms with Crippen molar-refractivity contribution in [1.82, 2.24) is 9.78 Å². The maximum Gasteiger partial charge on any atom is 0.0652 e. The first-order chi connectivity index (χ1) is 7.88. The van der Waals surface area contributed by atoms with Gasteiger partial charge in [-0.05, 0) is 36.6 Å². The van der Waals surface area contributed by atoms with Crippen LogP contribution in [0.5, 0.6) is 0 Å². The zero-order valence-corrected chi connectivity index (χ0v) is 9.13. The first-order valence-electron chi connectivity index (χ1n) is 5.72. The number of aromatic nitrogens is 2. The monoisotopic (exact) mass is 213 g/mol. The Balaban J connectivity index is 2.03. The van der Waals surface area contributed by atoms with E-state index < -0.39 is 0 Å². The van der Waals surface area contributed by atoms with Crippen molar-refractivity contribution >= 4 is 0 Å². The Morgan fingerprint density at radius 1 is 1.31 bits per heavy atom. The zero-order chi connectivity index (χ0) is 11.0. The maximum absolute atomic E-state index is 5.65. The molecule has 0 radical (unpaired) electrons. The number of rotatable bonds is 3. The van der Waals surface area contributed by atoms with Gasteiger partial charge in [-0.3, -0.25) is 0 Å². The third-order valence-electron chi connectivity index (χ3n) is 3.06. The molecule has 0 amide bonds. The first-order valence-corrected chi connectivity index (χ1v) is 5.72. The first kappa shape index (κ1) is 9.60. The summed E-state index contributed by atoms with van der Waals surface area (Å²) in [5.41, 5.74) is 9.25. The summed E-state index contributed by atoms with van der Waals surface area (Å²) in [6.07, 6.45) is 4.47. The molecule has 2 aromatic rings. The second kappa shape index (κ2) is 3.76. The van der Waals surface area contributed by atoms with Crippen molar-refractivity contribution in [1.29, 1.82) is 0 Å². The van der Waals surface area contributed by atoms with Crippen molar-refractivity contribution in [2.75, 3.05) is 0 Å². The average molecular weight is 213 g/mol. The third-order valence-corrected chi connectivity index (χ3v) is 3.06. The van der Waals surface area contributed by atoms with Gasteiger partial charge >= 0.3 is 0 Å². The molecule has 2 N–H and O–H groups in total. The standard InChI is InChI=1S/C13H15N3/c14-9-10-2-1-3-12(8-10)16-13(6-7-15-16)11-4-5-11/h1-3,6-8,11H,4-5,9,14H2. The molecule has 82 valence electrons. The SMILES string of the molecule is NCc1cccc(-n2nccc2C2CC2)c1. The Morgan fingerprint density at radius 2 is 2.19 bits per heavy atom. The molecule has 1 fully saturated rings. The summed E-state index contributed by atoms with van der Waals surface area (Å²) >= 11 is 0. The molecule has 0 saturated heterocycles. The van der Waals surface area contributed by atoms with Crippen molar-refractivity contribution in [2.45, 2.75) is 25.3 Å². The fourth-order valence-corrected chi connectivity index (χ4v) is 2.03. The van der Waals surface area contributed by atoms with Gasteiger partial charge < -0.3 is 5.73 Å². The molecule has 3 rings (SSSR count). The zero-order valence-electron chi connectivity index (χ0n) is 9.13. The van der Waals surface area contributed by atoms with Gasteiger partial charge in [-0.25, -0.2) is 4.68 Å². The van der Waals surface area contributed by atoms with Gasteiger partial charge in [-0.2, -0.15) is 5.10 Å². The van der Waals surface area contributed by atoms with E-state index in [1.54, 1.807) is 0 Å². The van der Waals surface area contributed by atoms with Crippen LogP contribution in [-0.2, 0) is 6.54 Å². The van der Waals surface area contributed by atoms with E-state index in [0.29, 0.717) is 12.5 Å². The summed E-state index contributed by atoms with van der Waals surface area (Å²) in [4.78, 5) is 0. The molecule has 0 spiro atoms. The van der Waals surface area contributed by atoms with E-state index in [0.717, 1.165) is 11.3 Å². The van der Waals surface area contributed by atoms with Crippen LogP contribution in [0.2, 0.25) is 0 Å². The highest BCUT2D eigenvalue weighted by atomic mass is 15.3. The highest BCUT2D eigenvalue weighted by Gasteiger charge is 2.27. The second-order valence-electron chi connectivity index (χ2n) is 4.32. The molecule has 1 aliphatic rings. The second-order valence-corrected chi connectivity index (χ2v) is 4.32. The largest absolute Gasteiger partial charge is 0.326 e. The van der Waals surface area contributed by atoms with Gasteiger partial charge in [-0.1, -0.05) is 12.1 Å². The van der Waals surface area contributed by atoms with Gasteiger partial charge in [-0.15, -0.1) is 0 Å². The molecule has 1 aromatic heterocycles. The Labute approximate surface area is 94.9 Å². The van der Waals surface area contributed by atoms with E-state index >= 15 is 0 Å². The quantitative estimate of drug-likeness (QED) is 0.849. The molecule has 0 aliphatic heterocycles. The summed E-state index contributed by atoms with van der Waals surface area (Å²) in [6.45, 7) is 0.577. The minimum Gasteiger partial charge on any atom is -0.326 e. The topological polar surface area (TPSA) is 43.8 Å². The molecule has 3 nitrogen and oxygen atoms in total. The number of nitrogens with zero attached hydrogens (tertiary/aromatic N) is 2. The van der Waals surface area contributed by atoms with Gasteiger partial charge in [0.05, 0.1) is 5.69 Å². The van der Waals surface area contributed by atoms with E-state index in [9.17, 15) is 0 Å². The van der Waals surface area contributed by atoms with E-state index in [2.05, 4.69) is 23.3 Å². The smallest absolute Gasteiger partial charge is 0.0652 e. The third kappa shape index (κ3) is 1.63. The number of hydrogen-bond acceptors (Lipinski definition) is 2. The van der Waals surface area contributed by atoms with Crippen LogP contribution in [0.3, 0.4) is 0 Å². The van der Waals surface area contributed by atoms with Gasteiger partial charge in [0, 0.05) is 24.4 Å². The number of benzene rings is 1. The van der Waals surface area contributed by atoms with Crippen molar-refractivity contribution in [3.63, 3.8) is 0 Å². The van der Waals surface area contributed by atoms with E-state index in [1.165, 1.54) is 18.5 Å². The van der Waals surface area contributed by atoms with E-state index in [1.807, 2.05) is 23.0 Å². The molecule has 1 saturated carbocycles. The van der Waals surface area contributed by atoms with Gasteiger partial charge in [0.25, 0.3) is 0 Å². The average Bonchev–Trinajstić information content (AvgIpc) is 3.07. The van der Waals surface area contributed by atoms with Crippen LogP contribution in [0.15, 0.2) is 36.5 Å². The lowest BCUT2D eigenvalue weighted by atomic mass is 10.2. The molecule has 1 aromatic carbocycles. The highest BCUT2D eigenvalue weighted by molar-refractivity contribution is 5.37. The summed E-state index contributed by atoms with van der Waals surface area (Å²) < 4.78 is 2.04. The minimum atomic E-state index is 0.577. The lowest BCUT2D eigenvalue weighted by molar-refractivity contribution is 0.806. The van der Waals surface area contributed by atoms with Crippen LogP contribution in [0, 0.1) is 0 Å². The maximum atomic E-state index is 5.65. The van der Waals surface area contributed by atoms with Gasteiger partial charge in [0.15, 0.2) is 0 Å². The van der Waals surface area contributed by atoms with Gasteiger partial charge in [0.2, 0.25) is 0 Å². The Morgan fingerprint density at radius 3 is 2.94 bits per heavy atom. The van der Waals surface area contributed by atoms with Gasteiger partial charge in [0.1, 0.15) is 0 Å². The molecule has 1 aliphatic carbocycles. The summed E-state index contributed by atoms with van der Waals surface area (Å²) in [7, 11) is 0. The van der Waals surface area contributed by atoms with Crippen LogP contribution in [0.1, 0.15) is 30.0 Å². The minimum absolute atomic E-state index is 0.577. The molecule has 3 heteroatoms. The van der Waals surface area contributed by atoms with E-state index in [-0.39, 0.29) is 0 Å². The summed E-state index contributed by atoms with van der Waals surface area (Å²) in [6, 6.07) is 10.4. The Hall–Kier alpha value is -1.61. The van der Waals surface area contributed by atoms with E-state index in [4.69, 9.17) is 5.73 Å². The Bertz CT molecular complexity index is 497. The highest BCUT2D eigenvalue weighted by Crippen LogP contribution is 2.40. The lowest BCUT2D eigenvalue weighted by Gasteiger charge is -2.07. The van der Waals surface area contributed by atoms with Crippen molar-refractivity contribution in [3.8, 4) is 5.69 Å². The lowest BCUT2D eigenvalue weighted by Crippen LogP contribution is -2.03. The summed E-state index contributed by atoms with van der Waals surface area (Å²) in [5.74, 6) is 0.712. The molecule has 0 bridgehead atoms. The molecule has 0 atom stereocenters. The summed E-state index contributed by atoms with van der Waals surface area (Å²) in [5, 5.41) is 4.40. The Kier molecular flexibility index (Phi) is 2.26. The molecule has 0 unspecified atom stereocenters. The van der Waals surface area contributed by atoms with Crippen LogP contribution in [0.4, 0.5) is 0 Å². The molecule has 16 heavy (non-hydrogen) atoms. The fourth-order valence-electron chi connectivity index (χ4n) is 2.03. The number of nitrogens with two attached hydrogens (primary N) is 1. The predicted molar refractivity (Wildman–Crippen MR) is 63.4 cm³/mol.